The molecule has 0 amide bonds. The smallest absolute Gasteiger partial charge is 0.421 e. The minimum absolute atomic E-state index is 0.0634. The molecule has 34 heavy (non-hydrogen) atoms. The zero-order chi connectivity index (χ0) is 24.4. The monoisotopic (exact) mass is 472 g/mol. The first-order valence-corrected chi connectivity index (χ1v) is 11.7. The van der Waals surface area contributed by atoms with Crippen molar-refractivity contribution in [2.24, 2.45) is 0 Å². The molecule has 8 heteroatoms. The maximum atomic E-state index is 13.6. The average molecular weight is 473 g/mol. The van der Waals surface area contributed by atoms with E-state index in [9.17, 15) is 13.2 Å². The Morgan fingerprint density at radius 3 is 2.38 bits per heavy atom. The van der Waals surface area contributed by atoms with E-state index >= 15 is 0 Å². The molecule has 3 aromatic rings. The van der Waals surface area contributed by atoms with Crippen molar-refractivity contribution in [1.82, 2.24) is 9.97 Å². The molecule has 3 rings (SSSR count). The number of ether oxygens (including phenoxy) is 1. The second-order valence-electron chi connectivity index (χ2n) is 8.09. The zero-order valence-corrected chi connectivity index (χ0v) is 19.6. The quantitative estimate of drug-likeness (QED) is 0.262. The number of benzene rings is 2. The van der Waals surface area contributed by atoms with Gasteiger partial charge in [-0.05, 0) is 54.8 Å². The van der Waals surface area contributed by atoms with E-state index < -0.39 is 11.7 Å². The maximum Gasteiger partial charge on any atom is 0.421 e. The van der Waals surface area contributed by atoms with E-state index in [2.05, 4.69) is 34.4 Å². The normalized spacial score (nSPS) is 11.3. The van der Waals surface area contributed by atoms with Gasteiger partial charge >= 0.3 is 6.18 Å². The molecule has 0 aliphatic rings. The van der Waals surface area contributed by atoms with Gasteiger partial charge in [-0.3, -0.25) is 0 Å². The number of rotatable bonds is 12. The van der Waals surface area contributed by atoms with Gasteiger partial charge < -0.3 is 15.4 Å². The Morgan fingerprint density at radius 2 is 1.68 bits per heavy atom. The van der Waals surface area contributed by atoms with Gasteiger partial charge in [0.05, 0.1) is 6.61 Å². The molecule has 2 N–H and O–H groups in total. The molecule has 0 spiro atoms. The first kappa shape index (κ1) is 25.3. The minimum Gasteiger partial charge on any atom is -0.494 e. The van der Waals surface area contributed by atoms with Crippen LogP contribution in [0.2, 0.25) is 0 Å². The Bertz CT molecular complexity index is 1040. The number of aryl methyl sites for hydroxylation is 1. The maximum absolute atomic E-state index is 13.6. The summed E-state index contributed by atoms with van der Waals surface area (Å²) in [6.07, 6.45) is 2.51. The summed E-state index contributed by atoms with van der Waals surface area (Å²) in [6, 6.07) is 14.5. The van der Waals surface area contributed by atoms with E-state index in [4.69, 9.17) is 4.74 Å². The van der Waals surface area contributed by atoms with Crippen molar-refractivity contribution in [2.75, 3.05) is 17.2 Å². The van der Waals surface area contributed by atoms with Gasteiger partial charge in [0, 0.05) is 17.6 Å². The number of hydrogen-bond donors (Lipinski definition) is 2. The average Bonchev–Trinajstić information content (AvgIpc) is 2.80. The predicted molar refractivity (Wildman–Crippen MR) is 130 cm³/mol. The number of alkyl halides is 3. The zero-order valence-electron chi connectivity index (χ0n) is 19.6. The molecule has 0 bridgehead atoms. The lowest BCUT2D eigenvalue weighted by molar-refractivity contribution is -0.137. The van der Waals surface area contributed by atoms with Crippen molar-refractivity contribution in [3.8, 4) is 5.75 Å². The van der Waals surface area contributed by atoms with Gasteiger partial charge in [0.25, 0.3) is 0 Å². The summed E-state index contributed by atoms with van der Waals surface area (Å²) in [5, 5.41) is 5.79. The van der Waals surface area contributed by atoms with E-state index in [1.807, 2.05) is 30.3 Å². The van der Waals surface area contributed by atoms with Crippen LogP contribution in [0, 0.1) is 0 Å². The lowest BCUT2D eigenvalue weighted by Gasteiger charge is -2.15. The highest BCUT2D eigenvalue weighted by Crippen LogP contribution is 2.35. The highest BCUT2D eigenvalue weighted by Gasteiger charge is 2.35. The molecule has 0 radical (unpaired) electrons. The highest BCUT2D eigenvalue weighted by molar-refractivity contribution is 5.63. The van der Waals surface area contributed by atoms with Crippen LogP contribution in [0.25, 0.3) is 0 Å². The highest BCUT2D eigenvalue weighted by atomic mass is 19.4. The topological polar surface area (TPSA) is 59.1 Å². The Kier molecular flexibility index (Phi) is 9.13. The summed E-state index contributed by atoms with van der Waals surface area (Å²) in [6.45, 7) is 4.87. The van der Waals surface area contributed by atoms with Crippen molar-refractivity contribution in [1.29, 1.82) is 0 Å². The number of nitrogens with zero attached hydrogens (tertiary/aromatic N) is 2. The van der Waals surface area contributed by atoms with E-state index in [-0.39, 0.29) is 11.8 Å². The van der Waals surface area contributed by atoms with Gasteiger partial charge in [0.2, 0.25) is 5.95 Å². The van der Waals surface area contributed by atoms with Crippen LogP contribution in [0.1, 0.15) is 57.1 Å². The third kappa shape index (κ3) is 7.64. The first-order chi connectivity index (χ1) is 16.4. The molecular formula is C26H31F3N4O. The van der Waals surface area contributed by atoms with Crippen LogP contribution < -0.4 is 15.4 Å². The van der Waals surface area contributed by atoms with Gasteiger partial charge in [-0.1, -0.05) is 51.7 Å². The van der Waals surface area contributed by atoms with Gasteiger partial charge in [-0.2, -0.15) is 18.2 Å². The van der Waals surface area contributed by atoms with Gasteiger partial charge in [-0.15, -0.1) is 0 Å². The van der Waals surface area contributed by atoms with Gasteiger partial charge in [0.15, 0.2) is 0 Å². The van der Waals surface area contributed by atoms with Crippen LogP contribution in [-0.4, -0.2) is 16.6 Å². The fourth-order valence-electron chi connectivity index (χ4n) is 3.46. The third-order valence-corrected chi connectivity index (χ3v) is 5.20. The Morgan fingerprint density at radius 1 is 0.882 bits per heavy atom. The summed E-state index contributed by atoms with van der Waals surface area (Å²) in [5.74, 6) is 0.504. The summed E-state index contributed by atoms with van der Waals surface area (Å²) in [7, 11) is 0. The fourth-order valence-corrected chi connectivity index (χ4v) is 3.46. The van der Waals surface area contributed by atoms with Crippen molar-refractivity contribution < 1.29 is 17.9 Å². The van der Waals surface area contributed by atoms with Gasteiger partial charge in [-0.25, -0.2) is 4.98 Å². The number of nitrogens with one attached hydrogen (secondary N) is 2. The van der Waals surface area contributed by atoms with Crippen LogP contribution >= 0.6 is 0 Å². The van der Waals surface area contributed by atoms with Crippen molar-refractivity contribution in [3.63, 3.8) is 0 Å². The van der Waals surface area contributed by atoms with E-state index in [1.165, 1.54) is 12.8 Å². The summed E-state index contributed by atoms with van der Waals surface area (Å²) >= 11 is 0. The molecule has 0 fully saturated rings. The summed E-state index contributed by atoms with van der Waals surface area (Å²) in [4.78, 5) is 8.00. The Hall–Kier alpha value is -3.29. The molecule has 1 heterocycles. The Labute approximate surface area is 198 Å². The number of anilines is 4. The summed E-state index contributed by atoms with van der Waals surface area (Å²) < 4.78 is 46.4. The standard InChI is InChI=1S/C26H31F3N4O/c1-3-5-6-7-16-34-22-14-12-20(13-15-22)32-25-30-18-23(26(27,28)29)24(33-25)31-21-11-8-10-19(17-21)9-4-2/h8,10-15,17-18H,3-7,9,16H2,1-2H3,(H2,30,31,32,33). The van der Waals surface area contributed by atoms with Crippen molar-refractivity contribution in [2.45, 2.75) is 58.5 Å². The third-order valence-electron chi connectivity index (χ3n) is 5.20. The van der Waals surface area contributed by atoms with E-state index in [1.54, 1.807) is 18.2 Å². The van der Waals surface area contributed by atoms with E-state index in [0.29, 0.717) is 18.0 Å². The molecule has 182 valence electrons. The molecule has 0 aliphatic heterocycles. The number of halogens is 3. The largest absolute Gasteiger partial charge is 0.494 e. The molecule has 0 aliphatic carbocycles. The van der Waals surface area contributed by atoms with Crippen LogP contribution in [0.4, 0.5) is 36.3 Å². The van der Waals surface area contributed by atoms with E-state index in [0.717, 1.165) is 43.2 Å². The van der Waals surface area contributed by atoms with Crippen LogP contribution in [0.5, 0.6) is 5.75 Å². The first-order valence-electron chi connectivity index (χ1n) is 11.7. The molecule has 2 aromatic carbocycles. The second kappa shape index (κ2) is 12.3. The number of unbranched alkanes of at least 4 members (excludes halogenated alkanes) is 3. The lowest BCUT2D eigenvalue weighted by Crippen LogP contribution is -2.12. The second-order valence-corrected chi connectivity index (χ2v) is 8.09. The molecule has 5 nitrogen and oxygen atoms in total. The van der Waals surface area contributed by atoms with Gasteiger partial charge in [0.1, 0.15) is 17.1 Å². The molecule has 0 atom stereocenters. The summed E-state index contributed by atoms with van der Waals surface area (Å²) in [5.41, 5.74) is 1.31. The Balaban J connectivity index is 1.72. The van der Waals surface area contributed by atoms with Crippen LogP contribution in [-0.2, 0) is 12.6 Å². The SMILES string of the molecule is CCCCCCOc1ccc(Nc2ncc(C(F)(F)F)c(Nc3cccc(CCC)c3)n2)cc1. The molecule has 0 saturated carbocycles. The molecule has 0 unspecified atom stereocenters. The fraction of sp³-hybridized carbons (Fsp3) is 0.385. The predicted octanol–water partition coefficient (Wildman–Crippen LogP) is 7.89. The molecular weight excluding hydrogens is 441 g/mol. The number of aromatic nitrogens is 2. The van der Waals surface area contributed by atoms with Crippen LogP contribution in [0.15, 0.2) is 54.7 Å². The van der Waals surface area contributed by atoms with Crippen molar-refractivity contribution in [3.05, 3.63) is 65.9 Å². The van der Waals surface area contributed by atoms with Crippen LogP contribution in [0.3, 0.4) is 0 Å². The number of hydrogen-bond acceptors (Lipinski definition) is 5. The molecule has 1 aromatic heterocycles. The van der Waals surface area contributed by atoms with Crippen molar-refractivity contribution >= 4 is 23.1 Å². The molecule has 0 saturated heterocycles. The minimum atomic E-state index is -4.59. The lowest BCUT2D eigenvalue weighted by atomic mass is 10.1.